The first-order valence-electron chi connectivity index (χ1n) is 36.4. The van der Waals surface area contributed by atoms with Crippen LogP contribution < -0.4 is 0 Å². The molecule has 0 saturated heterocycles. The van der Waals surface area contributed by atoms with Gasteiger partial charge < -0.3 is 14.2 Å². The van der Waals surface area contributed by atoms with E-state index in [2.05, 4.69) is 93.7 Å². The van der Waals surface area contributed by atoms with Gasteiger partial charge in [0.05, 0.1) is 0 Å². The molecule has 0 radical (unpaired) electrons. The largest absolute Gasteiger partial charge is 0.462 e. The fourth-order valence-electron chi connectivity index (χ4n) is 10.8. The van der Waals surface area contributed by atoms with E-state index in [1.165, 1.54) is 244 Å². The minimum atomic E-state index is -0.771. The lowest BCUT2D eigenvalue weighted by Gasteiger charge is -2.18. The topological polar surface area (TPSA) is 78.9 Å². The van der Waals surface area contributed by atoms with Gasteiger partial charge in [0.25, 0.3) is 0 Å². The van der Waals surface area contributed by atoms with Gasteiger partial charge in [0.15, 0.2) is 6.10 Å². The highest BCUT2D eigenvalue weighted by Gasteiger charge is 2.19. The molecule has 0 saturated carbocycles. The molecule has 83 heavy (non-hydrogen) atoms. The summed E-state index contributed by atoms with van der Waals surface area (Å²) in [6, 6.07) is 0. The fourth-order valence-corrected chi connectivity index (χ4v) is 10.8. The van der Waals surface area contributed by atoms with Gasteiger partial charge in [0.2, 0.25) is 0 Å². The third-order valence-electron chi connectivity index (χ3n) is 16.2. The molecule has 0 aromatic carbocycles. The summed E-state index contributed by atoms with van der Waals surface area (Å²) in [6.45, 7) is 6.49. The van der Waals surface area contributed by atoms with Gasteiger partial charge in [-0.25, -0.2) is 0 Å². The van der Waals surface area contributed by atoms with Crippen molar-refractivity contribution in [2.45, 2.75) is 386 Å². The number of carbonyl (C=O) groups excluding carboxylic acids is 3. The summed E-state index contributed by atoms with van der Waals surface area (Å²) >= 11 is 0. The minimum absolute atomic E-state index is 0.0706. The summed E-state index contributed by atoms with van der Waals surface area (Å²) in [5.41, 5.74) is 0. The average molecular weight is 1160 g/mol. The number of unbranched alkanes of at least 4 members (excludes halogenated alkanes) is 44. The van der Waals surface area contributed by atoms with E-state index in [0.717, 1.165) is 96.3 Å². The van der Waals surface area contributed by atoms with Crippen molar-refractivity contribution in [2.24, 2.45) is 0 Å². The fraction of sp³-hybridized carbons (Fsp3) is 0.805. The number of allylic oxidation sites excluding steroid dienone is 12. The second-order valence-electron chi connectivity index (χ2n) is 24.5. The molecular formula is C77H138O6. The Balaban J connectivity index is 3.91. The molecule has 482 valence electrons. The summed E-state index contributed by atoms with van der Waals surface area (Å²) in [4.78, 5) is 38.1. The number of ether oxygens (including phenoxy) is 3. The molecule has 0 fully saturated rings. The molecule has 0 aromatic heterocycles. The maximum atomic E-state index is 12.9. The molecule has 6 nitrogen and oxygen atoms in total. The van der Waals surface area contributed by atoms with Crippen LogP contribution in [-0.4, -0.2) is 37.2 Å². The molecule has 1 unspecified atom stereocenters. The van der Waals surface area contributed by atoms with Gasteiger partial charge in [-0.05, 0) is 89.9 Å². The number of hydrogen-bond donors (Lipinski definition) is 0. The van der Waals surface area contributed by atoms with Crippen LogP contribution in [0, 0.1) is 0 Å². The average Bonchev–Trinajstić information content (AvgIpc) is 3.49. The highest BCUT2D eigenvalue weighted by molar-refractivity contribution is 5.71. The lowest BCUT2D eigenvalue weighted by molar-refractivity contribution is -0.167. The zero-order valence-electron chi connectivity index (χ0n) is 55.5. The summed E-state index contributed by atoms with van der Waals surface area (Å²) in [6.07, 6.45) is 94.3. The SMILES string of the molecule is CC/C=C\C/C=C\C/C=C\C/C=C\CCCCCCCCCCCCCCCCC(=O)OC(COC(=O)CCCCCCC)COC(=O)CCCCCCCCCCCCCCCCCCCCCCC/C=C\C/C=C\CCCCCCC. The number of hydrogen-bond acceptors (Lipinski definition) is 6. The maximum absolute atomic E-state index is 12.9. The van der Waals surface area contributed by atoms with Gasteiger partial charge in [-0.3, -0.25) is 14.4 Å². The number of esters is 3. The van der Waals surface area contributed by atoms with Crippen molar-refractivity contribution in [3.63, 3.8) is 0 Å². The molecule has 0 bridgehead atoms. The quantitative estimate of drug-likeness (QED) is 0.0261. The first-order valence-corrected chi connectivity index (χ1v) is 36.4. The molecule has 0 heterocycles. The van der Waals surface area contributed by atoms with Crippen molar-refractivity contribution in [3.05, 3.63) is 72.9 Å². The zero-order chi connectivity index (χ0) is 59.9. The van der Waals surface area contributed by atoms with Gasteiger partial charge in [0.1, 0.15) is 13.2 Å². The molecule has 0 aliphatic carbocycles. The molecule has 0 aromatic rings. The standard InChI is InChI=1S/C77H138O6/c1-4-7-10-13-15-17-19-21-23-25-27-29-31-33-35-36-37-38-39-40-42-43-45-47-49-51-53-55-57-59-61-64-67-70-76(79)82-73-74(72-81-75(78)69-66-63-12-9-6-3)83-77(80)71-68-65-62-60-58-56-54-52-50-48-46-44-41-34-32-30-28-26-24-22-20-18-16-14-11-8-5-2/h8,11,16,18-19,21-22,24-25,27-28,30,74H,4-7,9-10,12-15,17,20,23,26,29,31-73H2,1-3H3/b11-8-,18-16-,21-19-,24-22-,27-25-,30-28-. The Morgan fingerprint density at radius 1 is 0.253 bits per heavy atom. The van der Waals surface area contributed by atoms with Crippen molar-refractivity contribution in [1.29, 1.82) is 0 Å². The van der Waals surface area contributed by atoms with E-state index in [4.69, 9.17) is 14.2 Å². The van der Waals surface area contributed by atoms with E-state index in [9.17, 15) is 14.4 Å². The van der Waals surface area contributed by atoms with Crippen LogP contribution >= 0.6 is 0 Å². The molecule has 0 rings (SSSR count). The van der Waals surface area contributed by atoms with Crippen LogP contribution in [0.3, 0.4) is 0 Å². The van der Waals surface area contributed by atoms with Gasteiger partial charge in [-0.15, -0.1) is 0 Å². The van der Waals surface area contributed by atoms with Crippen molar-refractivity contribution < 1.29 is 28.6 Å². The molecule has 6 heteroatoms. The maximum Gasteiger partial charge on any atom is 0.306 e. The van der Waals surface area contributed by atoms with Crippen LogP contribution in [0.25, 0.3) is 0 Å². The summed E-state index contributed by atoms with van der Waals surface area (Å²) in [5, 5.41) is 0. The van der Waals surface area contributed by atoms with Gasteiger partial charge in [0, 0.05) is 19.3 Å². The predicted octanol–water partition coefficient (Wildman–Crippen LogP) is 25.2. The zero-order valence-corrected chi connectivity index (χ0v) is 55.5. The summed E-state index contributed by atoms with van der Waals surface area (Å²) in [5.74, 6) is -0.865. The highest BCUT2D eigenvalue weighted by Crippen LogP contribution is 2.18. The monoisotopic (exact) mass is 1160 g/mol. The van der Waals surface area contributed by atoms with E-state index < -0.39 is 6.10 Å². The van der Waals surface area contributed by atoms with Crippen molar-refractivity contribution >= 4 is 17.9 Å². The van der Waals surface area contributed by atoms with E-state index in [0.29, 0.717) is 19.3 Å². The van der Waals surface area contributed by atoms with E-state index in [1.807, 2.05) is 0 Å². The van der Waals surface area contributed by atoms with Gasteiger partial charge in [-0.2, -0.15) is 0 Å². The Hall–Kier alpha value is -3.15. The third-order valence-corrected chi connectivity index (χ3v) is 16.2. The highest BCUT2D eigenvalue weighted by atomic mass is 16.6. The Kier molecular flexibility index (Phi) is 68.6. The number of rotatable bonds is 67. The first kappa shape index (κ1) is 79.8. The Bertz CT molecular complexity index is 1520. The van der Waals surface area contributed by atoms with Crippen LogP contribution in [0.15, 0.2) is 72.9 Å². The summed E-state index contributed by atoms with van der Waals surface area (Å²) in [7, 11) is 0. The Labute approximate surface area is 516 Å². The molecular weight excluding hydrogens is 1020 g/mol. The van der Waals surface area contributed by atoms with Crippen LogP contribution in [0.4, 0.5) is 0 Å². The molecule has 0 aliphatic heterocycles. The third kappa shape index (κ3) is 69.5. The van der Waals surface area contributed by atoms with Crippen LogP contribution in [0.5, 0.6) is 0 Å². The van der Waals surface area contributed by atoms with E-state index in [1.54, 1.807) is 0 Å². The predicted molar refractivity (Wildman–Crippen MR) is 362 cm³/mol. The lowest BCUT2D eigenvalue weighted by atomic mass is 10.0. The first-order chi connectivity index (χ1) is 41.0. The lowest BCUT2D eigenvalue weighted by Crippen LogP contribution is -2.30. The van der Waals surface area contributed by atoms with E-state index >= 15 is 0 Å². The normalized spacial score (nSPS) is 12.5. The van der Waals surface area contributed by atoms with E-state index in [-0.39, 0.29) is 31.1 Å². The van der Waals surface area contributed by atoms with Gasteiger partial charge >= 0.3 is 17.9 Å². The molecule has 1 atom stereocenters. The second kappa shape index (κ2) is 71.3. The smallest absolute Gasteiger partial charge is 0.306 e. The molecule has 0 spiro atoms. The van der Waals surface area contributed by atoms with Crippen molar-refractivity contribution in [3.8, 4) is 0 Å². The molecule has 0 N–H and O–H groups in total. The second-order valence-corrected chi connectivity index (χ2v) is 24.5. The van der Waals surface area contributed by atoms with Crippen molar-refractivity contribution in [2.75, 3.05) is 13.2 Å². The van der Waals surface area contributed by atoms with Crippen LogP contribution in [-0.2, 0) is 28.6 Å². The van der Waals surface area contributed by atoms with Crippen molar-refractivity contribution in [1.82, 2.24) is 0 Å². The molecule has 0 aliphatic rings. The Morgan fingerprint density at radius 2 is 0.470 bits per heavy atom. The van der Waals surface area contributed by atoms with Crippen LogP contribution in [0.1, 0.15) is 380 Å². The minimum Gasteiger partial charge on any atom is -0.462 e. The Morgan fingerprint density at radius 3 is 0.735 bits per heavy atom. The molecule has 0 amide bonds. The van der Waals surface area contributed by atoms with Gasteiger partial charge in [-0.1, -0.05) is 344 Å². The number of carbonyl (C=O) groups is 3. The van der Waals surface area contributed by atoms with Crippen LogP contribution in [0.2, 0.25) is 0 Å². The summed E-state index contributed by atoms with van der Waals surface area (Å²) < 4.78 is 16.8.